The topological polar surface area (TPSA) is 94.5 Å². The Bertz CT molecular complexity index is 520. The normalized spacial score (nSPS) is 11.3. The van der Waals surface area contributed by atoms with Crippen molar-refractivity contribution in [3.63, 3.8) is 0 Å². The highest BCUT2D eigenvalue weighted by atomic mass is 35.5. The summed E-state index contributed by atoms with van der Waals surface area (Å²) in [6.45, 7) is 0. The van der Waals surface area contributed by atoms with Gasteiger partial charge in [-0.15, -0.1) is 0 Å². The standard InChI is InChI=1S/C8H7ClO5S/c1-15(13,14)5-3-2-4(8(11)12)6(9)7(5)10/h2-3,10H,1H3,(H,11,12)/p-1. The molecule has 0 aliphatic rings. The third-order valence-electron chi connectivity index (χ3n) is 1.69. The number of aromatic carboxylic acids is 1. The molecule has 0 unspecified atom stereocenters. The fourth-order valence-electron chi connectivity index (χ4n) is 0.996. The van der Waals surface area contributed by atoms with Crippen molar-refractivity contribution >= 4 is 27.4 Å². The predicted molar refractivity (Wildman–Crippen MR) is 51.0 cm³/mol. The molecule has 0 saturated heterocycles. The van der Waals surface area contributed by atoms with E-state index >= 15 is 0 Å². The molecule has 0 aromatic heterocycles. The van der Waals surface area contributed by atoms with Crippen molar-refractivity contribution in [2.45, 2.75) is 4.90 Å². The van der Waals surface area contributed by atoms with Crippen LogP contribution in [0.4, 0.5) is 0 Å². The van der Waals surface area contributed by atoms with Gasteiger partial charge in [-0.1, -0.05) is 17.4 Å². The van der Waals surface area contributed by atoms with E-state index in [1.54, 1.807) is 0 Å². The van der Waals surface area contributed by atoms with Crippen LogP contribution in [0.2, 0.25) is 5.02 Å². The average Bonchev–Trinajstić information content (AvgIpc) is 2.06. The smallest absolute Gasteiger partial charge is 0.337 e. The monoisotopic (exact) mass is 249 g/mol. The molecule has 0 heterocycles. The van der Waals surface area contributed by atoms with Gasteiger partial charge in [-0.25, -0.2) is 13.2 Å². The van der Waals surface area contributed by atoms with Gasteiger partial charge >= 0.3 is 5.97 Å². The van der Waals surface area contributed by atoms with Gasteiger partial charge in [0.1, 0.15) is 0 Å². The first-order valence-corrected chi connectivity index (χ1v) is 5.95. The minimum atomic E-state index is -3.69. The summed E-state index contributed by atoms with van der Waals surface area (Å²) < 4.78 is 22.2. The van der Waals surface area contributed by atoms with Gasteiger partial charge in [0.15, 0.2) is 9.84 Å². The first-order chi connectivity index (χ1) is 6.75. The predicted octanol–water partition coefficient (Wildman–Crippen LogP) is 0.515. The van der Waals surface area contributed by atoms with Gasteiger partial charge in [0.25, 0.3) is 0 Å². The molecule has 1 aromatic carbocycles. The van der Waals surface area contributed by atoms with Gasteiger partial charge in [-0.2, -0.15) is 0 Å². The van der Waals surface area contributed by atoms with E-state index in [0.29, 0.717) is 0 Å². The van der Waals surface area contributed by atoms with Crippen molar-refractivity contribution in [3.8, 4) is 5.75 Å². The summed E-state index contributed by atoms with van der Waals surface area (Å²) >= 11 is 5.44. The minimum absolute atomic E-state index is 0.408. The summed E-state index contributed by atoms with van der Waals surface area (Å²) in [5.41, 5.74) is -0.408. The minimum Gasteiger partial charge on any atom is -0.871 e. The Labute approximate surface area is 90.8 Å². The van der Waals surface area contributed by atoms with Crippen molar-refractivity contribution in [1.29, 1.82) is 0 Å². The van der Waals surface area contributed by atoms with Gasteiger partial charge < -0.3 is 10.2 Å². The highest BCUT2D eigenvalue weighted by Gasteiger charge is 2.15. The highest BCUT2D eigenvalue weighted by molar-refractivity contribution is 7.90. The molecule has 1 N–H and O–H groups in total. The summed E-state index contributed by atoms with van der Waals surface area (Å²) in [4.78, 5) is 10.1. The molecular formula is C8H6ClO5S-. The second-order valence-corrected chi connectivity index (χ2v) is 5.19. The molecule has 1 rings (SSSR count). The van der Waals surface area contributed by atoms with E-state index < -0.39 is 37.0 Å². The van der Waals surface area contributed by atoms with Gasteiger partial charge in [0, 0.05) is 11.3 Å². The Morgan fingerprint density at radius 2 is 2.00 bits per heavy atom. The Morgan fingerprint density at radius 3 is 2.40 bits per heavy atom. The summed E-state index contributed by atoms with van der Waals surface area (Å²) in [6.07, 6.45) is 0.848. The third kappa shape index (κ3) is 2.21. The fraction of sp³-hybridized carbons (Fsp3) is 0.125. The van der Waals surface area contributed by atoms with Crippen molar-refractivity contribution < 1.29 is 23.4 Å². The van der Waals surface area contributed by atoms with Crippen LogP contribution in [-0.4, -0.2) is 25.7 Å². The zero-order valence-electron chi connectivity index (χ0n) is 7.52. The second kappa shape index (κ2) is 3.71. The molecule has 0 radical (unpaired) electrons. The van der Waals surface area contributed by atoms with E-state index in [1.807, 2.05) is 0 Å². The van der Waals surface area contributed by atoms with E-state index in [4.69, 9.17) is 16.7 Å². The largest absolute Gasteiger partial charge is 0.871 e. The van der Waals surface area contributed by atoms with Crippen LogP contribution in [0.25, 0.3) is 0 Å². The maximum atomic E-state index is 11.4. The number of rotatable bonds is 2. The summed E-state index contributed by atoms with van der Waals surface area (Å²) in [5.74, 6) is -2.36. The van der Waals surface area contributed by atoms with E-state index in [1.165, 1.54) is 0 Å². The molecule has 0 atom stereocenters. The SMILES string of the molecule is CS(=O)(=O)c1ccc(C(=O)O)c(Cl)c1[O-]. The average molecular weight is 250 g/mol. The molecule has 0 fully saturated rings. The Balaban J connectivity index is 3.55. The van der Waals surface area contributed by atoms with Crippen molar-refractivity contribution in [2.75, 3.05) is 6.26 Å². The maximum Gasteiger partial charge on any atom is 0.337 e. The van der Waals surface area contributed by atoms with Gasteiger partial charge in [0.2, 0.25) is 0 Å². The van der Waals surface area contributed by atoms with Crippen molar-refractivity contribution in [1.82, 2.24) is 0 Å². The molecule has 82 valence electrons. The third-order valence-corrected chi connectivity index (χ3v) is 3.19. The van der Waals surface area contributed by atoms with Crippen LogP contribution in [0.15, 0.2) is 17.0 Å². The number of carboxylic acids is 1. The summed E-state index contributed by atoms with van der Waals surface area (Å²) in [6, 6.07) is 1.93. The van der Waals surface area contributed by atoms with Crippen LogP contribution in [0.1, 0.15) is 10.4 Å². The second-order valence-electron chi connectivity index (χ2n) is 2.83. The number of benzene rings is 1. The lowest BCUT2D eigenvalue weighted by Gasteiger charge is -2.15. The lowest BCUT2D eigenvalue weighted by molar-refractivity contribution is -0.272. The molecule has 0 spiro atoms. The molecule has 1 aromatic rings. The first-order valence-electron chi connectivity index (χ1n) is 3.68. The number of hydrogen-bond donors (Lipinski definition) is 1. The van der Waals surface area contributed by atoms with E-state index in [9.17, 15) is 18.3 Å². The van der Waals surface area contributed by atoms with Gasteiger partial charge in [-0.3, -0.25) is 0 Å². The van der Waals surface area contributed by atoms with Gasteiger partial charge in [-0.05, 0) is 12.1 Å². The summed E-state index contributed by atoms with van der Waals surface area (Å²) in [5, 5.41) is 19.4. The Morgan fingerprint density at radius 1 is 1.47 bits per heavy atom. The molecular weight excluding hydrogens is 244 g/mol. The molecule has 7 heteroatoms. The van der Waals surface area contributed by atoms with Crippen LogP contribution >= 0.6 is 11.6 Å². The fourth-order valence-corrected chi connectivity index (χ4v) is 2.05. The van der Waals surface area contributed by atoms with Crippen LogP contribution in [0.5, 0.6) is 5.75 Å². The Kier molecular flexibility index (Phi) is 2.92. The lowest BCUT2D eigenvalue weighted by Crippen LogP contribution is -2.07. The summed E-state index contributed by atoms with van der Waals surface area (Å²) in [7, 11) is -3.69. The number of sulfone groups is 1. The molecule has 0 bridgehead atoms. The molecule has 0 aliphatic heterocycles. The molecule has 0 aliphatic carbocycles. The van der Waals surface area contributed by atoms with Crippen LogP contribution < -0.4 is 5.11 Å². The molecule has 0 saturated carbocycles. The number of halogens is 1. The lowest BCUT2D eigenvalue weighted by atomic mass is 10.2. The van der Waals surface area contributed by atoms with E-state index in [2.05, 4.69) is 0 Å². The number of carbonyl (C=O) groups is 1. The number of hydrogen-bond acceptors (Lipinski definition) is 4. The van der Waals surface area contributed by atoms with Crippen LogP contribution in [0, 0.1) is 0 Å². The maximum absolute atomic E-state index is 11.4. The number of carboxylic acid groups (broad SMARTS) is 1. The van der Waals surface area contributed by atoms with Crippen LogP contribution in [-0.2, 0) is 9.84 Å². The highest BCUT2D eigenvalue weighted by Crippen LogP contribution is 2.31. The molecule has 0 amide bonds. The molecule has 5 nitrogen and oxygen atoms in total. The van der Waals surface area contributed by atoms with Crippen LogP contribution in [0.3, 0.4) is 0 Å². The van der Waals surface area contributed by atoms with E-state index in [-0.39, 0.29) is 0 Å². The quantitative estimate of drug-likeness (QED) is 0.824. The molecule has 15 heavy (non-hydrogen) atoms. The van der Waals surface area contributed by atoms with Crippen molar-refractivity contribution in [3.05, 3.63) is 22.7 Å². The zero-order chi connectivity index (χ0) is 11.8. The van der Waals surface area contributed by atoms with Crippen molar-refractivity contribution in [2.24, 2.45) is 0 Å². The van der Waals surface area contributed by atoms with Gasteiger partial charge in [0.05, 0.1) is 10.5 Å². The van der Waals surface area contributed by atoms with E-state index in [0.717, 1.165) is 18.4 Å². The first kappa shape index (κ1) is 11.8. The zero-order valence-corrected chi connectivity index (χ0v) is 9.09. The Hall–Kier alpha value is -1.27.